The molecule has 0 saturated heterocycles. The second kappa shape index (κ2) is 9.86. The first-order valence-corrected chi connectivity index (χ1v) is 6.32. The average molecular weight is 280 g/mol. The maximum Gasteiger partial charge on any atom is 0.508 e. The molecule has 0 aliphatic heterocycles. The van der Waals surface area contributed by atoms with E-state index in [0.717, 1.165) is 17.7 Å². The van der Waals surface area contributed by atoms with Crippen LogP contribution >= 0.6 is 0 Å². The fraction of sp³-hybridized carbons (Fsp3) is 0.400. The van der Waals surface area contributed by atoms with Crippen molar-refractivity contribution in [1.29, 1.82) is 0 Å². The normalized spacial score (nSPS) is 10.5. The van der Waals surface area contributed by atoms with Crippen molar-refractivity contribution in [3.63, 3.8) is 0 Å². The van der Waals surface area contributed by atoms with E-state index in [1.807, 2.05) is 30.3 Å². The molecule has 1 aromatic carbocycles. The quantitative estimate of drug-likeness (QED) is 0.416. The molecular formula is C15H20O5. The first-order chi connectivity index (χ1) is 9.76. The van der Waals surface area contributed by atoms with Gasteiger partial charge < -0.3 is 18.9 Å². The van der Waals surface area contributed by atoms with Crippen molar-refractivity contribution in [2.24, 2.45) is 0 Å². The third-order valence-electron chi connectivity index (χ3n) is 2.49. The molecule has 0 bridgehead atoms. The molecule has 5 heteroatoms. The molecule has 1 aromatic rings. The van der Waals surface area contributed by atoms with Gasteiger partial charge in [0.2, 0.25) is 0 Å². The molecule has 0 fully saturated rings. The Balaban J connectivity index is 2.06. The van der Waals surface area contributed by atoms with E-state index in [1.165, 1.54) is 7.11 Å². The SMILES string of the molecule is COC(=O)OC/C=C/CCOCc1ccc(OC)cc1. The maximum atomic E-state index is 10.6. The minimum Gasteiger partial charge on any atom is -0.497 e. The second-order valence-electron chi connectivity index (χ2n) is 3.93. The van der Waals surface area contributed by atoms with Crippen molar-refractivity contribution in [2.45, 2.75) is 13.0 Å². The Hall–Kier alpha value is -2.01. The van der Waals surface area contributed by atoms with Crippen molar-refractivity contribution in [3.05, 3.63) is 42.0 Å². The zero-order valence-corrected chi connectivity index (χ0v) is 11.8. The highest BCUT2D eigenvalue weighted by molar-refractivity contribution is 5.59. The fourth-order valence-electron chi connectivity index (χ4n) is 1.42. The van der Waals surface area contributed by atoms with Gasteiger partial charge in [0.05, 0.1) is 27.4 Å². The number of hydrogen-bond acceptors (Lipinski definition) is 5. The van der Waals surface area contributed by atoms with E-state index < -0.39 is 6.16 Å². The Labute approximate surface area is 119 Å². The van der Waals surface area contributed by atoms with Crippen LogP contribution in [0.25, 0.3) is 0 Å². The third kappa shape index (κ3) is 6.80. The van der Waals surface area contributed by atoms with E-state index in [0.29, 0.717) is 13.2 Å². The molecule has 0 amide bonds. The molecule has 0 radical (unpaired) electrons. The molecule has 0 aromatic heterocycles. The first-order valence-electron chi connectivity index (χ1n) is 6.32. The number of rotatable bonds is 8. The predicted octanol–water partition coefficient (Wildman–Crippen LogP) is 2.94. The Bertz CT molecular complexity index is 411. The van der Waals surface area contributed by atoms with Crippen LogP contribution in [0.4, 0.5) is 4.79 Å². The van der Waals surface area contributed by atoms with Crippen LogP contribution in [0.15, 0.2) is 36.4 Å². The summed E-state index contributed by atoms with van der Waals surface area (Å²) in [6.45, 7) is 1.39. The van der Waals surface area contributed by atoms with Gasteiger partial charge in [-0.3, -0.25) is 0 Å². The summed E-state index contributed by atoms with van der Waals surface area (Å²) in [5.41, 5.74) is 1.10. The van der Waals surface area contributed by atoms with Gasteiger partial charge in [0.25, 0.3) is 0 Å². The number of methoxy groups -OCH3 is 2. The molecular weight excluding hydrogens is 260 g/mol. The summed E-state index contributed by atoms with van der Waals surface area (Å²) in [5, 5.41) is 0. The van der Waals surface area contributed by atoms with Gasteiger partial charge in [0.15, 0.2) is 0 Å². The highest BCUT2D eigenvalue weighted by Crippen LogP contribution is 2.11. The van der Waals surface area contributed by atoms with Crippen LogP contribution < -0.4 is 4.74 Å². The Morgan fingerprint density at radius 3 is 2.55 bits per heavy atom. The summed E-state index contributed by atoms with van der Waals surface area (Å²) < 4.78 is 19.6. The fourth-order valence-corrected chi connectivity index (χ4v) is 1.42. The molecule has 0 N–H and O–H groups in total. The lowest BCUT2D eigenvalue weighted by Crippen LogP contribution is -2.03. The molecule has 0 spiro atoms. The molecule has 0 heterocycles. The van der Waals surface area contributed by atoms with E-state index >= 15 is 0 Å². The molecule has 0 atom stereocenters. The van der Waals surface area contributed by atoms with Gasteiger partial charge in [-0.15, -0.1) is 0 Å². The van der Waals surface area contributed by atoms with Crippen LogP contribution in [-0.4, -0.2) is 33.6 Å². The summed E-state index contributed by atoms with van der Waals surface area (Å²) in [7, 11) is 2.92. The van der Waals surface area contributed by atoms with Gasteiger partial charge in [0, 0.05) is 0 Å². The van der Waals surface area contributed by atoms with Gasteiger partial charge in [-0.2, -0.15) is 0 Å². The van der Waals surface area contributed by atoms with Crippen LogP contribution in [0.5, 0.6) is 5.75 Å². The molecule has 1 rings (SSSR count). The first kappa shape index (κ1) is 16.0. The van der Waals surface area contributed by atoms with Crippen molar-refractivity contribution >= 4 is 6.16 Å². The van der Waals surface area contributed by atoms with Crippen molar-refractivity contribution in [2.75, 3.05) is 27.4 Å². The minimum absolute atomic E-state index is 0.213. The van der Waals surface area contributed by atoms with E-state index in [4.69, 9.17) is 9.47 Å². The zero-order valence-electron chi connectivity index (χ0n) is 11.8. The topological polar surface area (TPSA) is 54.0 Å². The van der Waals surface area contributed by atoms with Gasteiger partial charge in [0.1, 0.15) is 12.4 Å². The summed E-state index contributed by atoms with van der Waals surface area (Å²) in [4.78, 5) is 10.6. The largest absolute Gasteiger partial charge is 0.508 e. The maximum absolute atomic E-state index is 10.6. The zero-order chi connectivity index (χ0) is 14.6. The van der Waals surface area contributed by atoms with E-state index in [1.54, 1.807) is 13.2 Å². The summed E-state index contributed by atoms with van der Waals surface area (Å²) >= 11 is 0. The van der Waals surface area contributed by atoms with Crippen LogP contribution in [0.2, 0.25) is 0 Å². The van der Waals surface area contributed by atoms with Crippen LogP contribution in [0.1, 0.15) is 12.0 Å². The summed E-state index contributed by atoms with van der Waals surface area (Å²) in [6, 6.07) is 7.75. The molecule has 0 aliphatic carbocycles. The van der Waals surface area contributed by atoms with Crippen LogP contribution in [0, 0.1) is 0 Å². The summed E-state index contributed by atoms with van der Waals surface area (Å²) in [5.74, 6) is 0.835. The van der Waals surface area contributed by atoms with Crippen LogP contribution in [0.3, 0.4) is 0 Å². The number of carbonyl (C=O) groups excluding carboxylic acids is 1. The lowest BCUT2D eigenvalue weighted by Gasteiger charge is -2.04. The highest BCUT2D eigenvalue weighted by atomic mass is 16.7. The smallest absolute Gasteiger partial charge is 0.497 e. The number of carbonyl (C=O) groups is 1. The van der Waals surface area contributed by atoms with Gasteiger partial charge in [-0.05, 0) is 24.1 Å². The lowest BCUT2D eigenvalue weighted by atomic mass is 10.2. The van der Waals surface area contributed by atoms with Gasteiger partial charge in [-0.1, -0.05) is 24.3 Å². The lowest BCUT2D eigenvalue weighted by molar-refractivity contribution is 0.0817. The van der Waals surface area contributed by atoms with Crippen molar-refractivity contribution < 1.29 is 23.7 Å². The average Bonchev–Trinajstić information content (AvgIpc) is 2.50. The Morgan fingerprint density at radius 1 is 1.15 bits per heavy atom. The van der Waals surface area contributed by atoms with Crippen molar-refractivity contribution in [1.82, 2.24) is 0 Å². The molecule has 110 valence electrons. The number of hydrogen-bond donors (Lipinski definition) is 0. The monoisotopic (exact) mass is 280 g/mol. The number of benzene rings is 1. The van der Waals surface area contributed by atoms with Crippen molar-refractivity contribution in [3.8, 4) is 5.75 Å². The second-order valence-corrected chi connectivity index (χ2v) is 3.93. The molecule has 0 aliphatic rings. The summed E-state index contributed by atoms with van der Waals surface area (Å²) in [6.07, 6.45) is 3.75. The molecule has 5 nitrogen and oxygen atoms in total. The minimum atomic E-state index is -0.676. The molecule has 0 saturated carbocycles. The number of ether oxygens (including phenoxy) is 4. The highest BCUT2D eigenvalue weighted by Gasteiger charge is 1.96. The Morgan fingerprint density at radius 2 is 1.90 bits per heavy atom. The molecule has 0 unspecified atom stereocenters. The van der Waals surface area contributed by atoms with E-state index in [9.17, 15) is 4.79 Å². The van der Waals surface area contributed by atoms with E-state index in [2.05, 4.69) is 9.47 Å². The van der Waals surface area contributed by atoms with Gasteiger partial charge >= 0.3 is 6.16 Å². The molecule has 20 heavy (non-hydrogen) atoms. The standard InChI is InChI=1S/C15H20O5/c1-17-14-8-6-13(7-9-14)12-19-10-4-3-5-11-20-15(16)18-2/h3,5-9H,4,10-12H2,1-2H3/b5-3+. The van der Waals surface area contributed by atoms with Crippen LogP contribution in [-0.2, 0) is 20.8 Å². The Kier molecular flexibility index (Phi) is 7.91. The van der Waals surface area contributed by atoms with E-state index in [-0.39, 0.29) is 6.61 Å². The van der Waals surface area contributed by atoms with Gasteiger partial charge in [-0.25, -0.2) is 4.79 Å². The predicted molar refractivity (Wildman–Crippen MR) is 74.8 cm³/mol. The third-order valence-corrected chi connectivity index (χ3v) is 2.49.